The second-order valence-corrected chi connectivity index (χ2v) is 6.65. The van der Waals surface area contributed by atoms with Crippen molar-refractivity contribution in [2.45, 2.75) is 9.79 Å². The Morgan fingerprint density at radius 3 is 2.30 bits per heavy atom. The second-order valence-electron chi connectivity index (χ2n) is 5.53. The number of amides is 1. The van der Waals surface area contributed by atoms with Gasteiger partial charge < -0.3 is 10.1 Å². The number of nitro benzene ring substituents is 1. The maximum atomic E-state index is 12.7. The number of carbonyl (C=O) groups is 1. The molecule has 0 saturated carbocycles. The molecule has 136 valence electrons. The molecule has 0 aromatic heterocycles. The van der Waals surface area contributed by atoms with Crippen LogP contribution in [-0.2, 0) is 0 Å². The van der Waals surface area contributed by atoms with E-state index >= 15 is 0 Å². The standard InChI is InChI=1S/C20H16N2O4S/c1-26-16-10-6-14(7-11-16)21-20(23)18-4-2-3-5-19(18)27-17-12-8-15(9-13-17)22(24)25/h2-13H,1H3,(H,21,23). The van der Waals surface area contributed by atoms with Gasteiger partial charge in [-0.2, -0.15) is 0 Å². The highest BCUT2D eigenvalue weighted by molar-refractivity contribution is 7.99. The topological polar surface area (TPSA) is 81.5 Å². The van der Waals surface area contributed by atoms with Crippen LogP contribution in [0.4, 0.5) is 11.4 Å². The van der Waals surface area contributed by atoms with Crippen molar-refractivity contribution in [1.82, 2.24) is 0 Å². The summed E-state index contributed by atoms with van der Waals surface area (Å²) in [6, 6.07) is 20.5. The van der Waals surface area contributed by atoms with Crippen molar-refractivity contribution < 1.29 is 14.5 Å². The first-order chi connectivity index (χ1) is 13.1. The van der Waals surface area contributed by atoms with Crippen LogP contribution in [0, 0.1) is 10.1 Å². The molecule has 0 unspecified atom stereocenters. The molecule has 0 saturated heterocycles. The Bertz CT molecular complexity index is 956. The molecule has 6 nitrogen and oxygen atoms in total. The third kappa shape index (κ3) is 4.65. The van der Waals surface area contributed by atoms with Crippen LogP contribution in [0.2, 0.25) is 0 Å². The van der Waals surface area contributed by atoms with E-state index in [0.29, 0.717) is 17.0 Å². The Labute approximate surface area is 160 Å². The number of carbonyl (C=O) groups excluding carboxylic acids is 1. The predicted molar refractivity (Wildman–Crippen MR) is 105 cm³/mol. The normalized spacial score (nSPS) is 10.3. The zero-order valence-corrected chi connectivity index (χ0v) is 15.2. The number of nitro groups is 1. The molecular weight excluding hydrogens is 364 g/mol. The van der Waals surface area contributed by atoms with Gasteiger partial charge in [0.2, 0.25) is 0 Å². The maximum absolute atomic E-state index is 12.7. The Morgan fingerprint density at radius 1 is 1.00 bits per heavy atom. The largest absolute Gasteiger partial charge is 0.497 e. The number of nitrogens with zero attached hydrogens (tertiary/aromatic N) is 1. The Morgan fingerprint density at radius 2 is 1.67 bits per heavy atom. The minimum atomic E-state index is -0.440. The van der Waals surface area contributed by atoms with Crippen molar-refractivity contribution in [3.05, 3.63) is 88.5 Å². The molecule has 3 aromatic carbocycles. The predicted octanol–water partition coefficient (Wildman–Crippen LogP) is 5.01. The Balaban J connectivity index is 1.78. The van der Waals surface area contributed by atoms with E-state index < -0.39 is 4.92 Å². The highest BCUT2D eigenvalue weighted by atomic mass is 32.2. The van der Waals surface area contributed by atoms with Crippen LogP contribution < -0.4 is 10.1 Å². The summed E-state index contributed by atoms with van der Waals surface area (Å²) in [5.74, 6) is 0.479. The Kier molecular flexibility index (Phi) is 5.73. The van der Waals surface area contributed by atoms with E-state index in [2.05, 4.69) is 5.32 Å². The number of rotatable bonds is 6. The molecule has 1 amide bonds. The summed E-state index contributed by atoms with van der Waals surface area (Å²) in [6.45, 7) is 0. The van der Waals surface area contributed by atoms with Crippen molar-refractivity contribution in [1.29, 1.82) is 0 Å². The zero-order valence-electron chi connectivity index (χ0n) is 14.4. The second kappa shape index (κ2) is 8.37. The first-order valence-corrected chi connectivity index (χ1v) is 8.85. The molecule has 0 heterocycles. The summed E-state index contributed by atoms with van der Waals surface area (Å²) in [6.07, 6.45) is 0. The molecular formula is C20H16N2O4S. The van der Waals surface area contributed by atoms with Gasteiger partial charge >= 0.3 is 0 Å². The van der Waals surface area contributed by atoms with Crippen LogP contribution in [0.5, 0.6) is 5.75 Å². The third-order valence-corrected chi connectivity index (χ3v) is 4.84. The van der Waals surface area contributed by atoms with E-state index in [1.54, 1.807) is 55.6 Å². The summed E-state index contributed by atoms with van der Waals surface area (Å²) in [7, 11) is 1.58. The van der Waals surface area contributed by atoms with Gasteiger partial charge in [0.1, 0.15) is 5.75 Å². The van der Waals surface area contributed by atoms with Crippen molar-refractivity contribution in [2.24, 2.45) is 0 Å². The molecule has 0 aliphatic rings. The van der Waals surface area contributed by atoms with Gasteiger partial charge in [0.05, 0.1) is 17.6 Å². The molecule has 0 spiro atoms. The fourth-order valence-electron chi connectivity index (χ4n) is 2.38. The molecule has 7 heteroatoms. The molecule has 1 N–H and O–H groups in total. The van der Waals surface area contributed by atoms with E-state index in [0.717, 1.165) is 9.79 Å². The summed E-state index contributed by atoms with van der Waals surface area (Å²) in [5, 5.41) is 13.6. The van der Waals surface area contributed by atoms with Gasteiger partial charge in [-0.3, -0.25) is 14.9 Å². The van der Waals surface area contributed by atoms with E-state index in [-0.39, 0.29) is 11.6 Å². The number of anilines is 1. The van der Waals surface area contributed by atoms with Crippen LogP contribution in [0.25, 0.3) is 0 Å². The van der Waals surface area contributed by atoms with E-state index in [9.17, 15) is 14.9 Å². The maximum Gasteiger partial charge on any atom is 0.269 e. The van der Waals surface area contributed by atoms with Gasteiger partial charge in [-0.25, -0.2) is 0 Å². The number of ether oxygens (including phenoxy) is 1. The van der Waals surface area contributed by atoms with Crippen LogP contribution in [-0.4, -0.2) is 17.9 Å². The van der Waals surface area contributed by atoms with Crippen molar-refractivity contribution in [2.75, 3.05) is 12.4 Å². The number of benzene rings is 3. The van der Waals surface area contributed by atoms with Crippen LogP contribution >= 0.6 is 11.8 Å². The summed E-state index contributed by atoms with van der Waals surface area (Å²) in [5.41, 5.74) is 1.22. The van der Waals surface area contributed by atoms with Gasteiger partial charge in [-0.05, 0) is 48.5 Å². The third-order valence-electron chi connectivity index (χ3n) is 3.75. The summed E-state index contributed by atoms with van der Waals surface area (Å²) < 4.78 is 5.11. The average molecular weight is 380 g/mol. The van der Waals surface area contributed by atoms with E-state index in [4.69, 9.17) is 4.74 Å². The first kappa shape index (κ1) is 18.5. The number of nitrogens with one attached hydrogen (secondary N) is 1. The molecule has 3 rings (SSSR count). The lowest BCUT2D eigenvalue weighted by molar-refractivity contribution is -0.384. The minimum absolute atomic E-state index is 0.0323. The molecule has 0 radical (unpaired) electrons. The van der Waals surface area contributed by atoms with Crippen molar-refractivity contribution in [3.8, 4) is 5.75 Å². The van der Waals surface area contributed by atoms with Gasteiger partial charge in [0.25, 0.3) is 11.6 Å². The molecule has 0 bridgehead atoms. The van der Waals surface area contributed by atoms with Crippen LogP contribution in [0.1, 0.15) is 10.4 Å². The fourth-order valence-corrected chi connectivity index (χ4v) is 3.32. The lowest BCUT2D eigenvalue weighted by Gasteiger charge is -2.10. The quantitative estimate of drug-likeness (QED) is 0.480. The number of methoxy groups -OCH3 is 1. The average Bonchev–Trinajstić information content (AvgIpc) is 2.69. The lowest BCUT2D eigenvalue weighted by atomic mass is 10.2. The molecule has 3 aromatic rings. The van der Waals surface area contributed by atoms with Gasteiger partial charge in [-0.15, -0.1) is 0 Å². The minimum Gasteiger partial charge on any atom is -0.497 e. The summed E-state index contributed by atoms with van der Waals surface area (Å²) in [4.78, 5) is 24.6. The van der Waals surface area contributed by atoms with Crippen molar-refractivity contribution >= 4 is 29.0 Å². The van der Waals surface area contributed by atoms with Gasteiger partial charge in [-0.1, -0.05) is 23.9 Å². The number of hydrogen-bond acceptors (Lipinski definition) is 5. The first-order valence-electron chi connectivity index (χ1n) is 8.03. The number of non-ortho nitro benzene ring substituents is 1. The Hall–Kier alpha value is -3.32. The molecule has 27 heavy (non-hydrogen) atoms. The smallest absolute Gasteiger partial charge is 0.269 e. The highest BCUT2D eigenvalue weighted by Crippen LogP contribution is 2.32. The SMILES string of the molecule is COc1ccc(NC(=O)c2ccccc2Sc2ccc([N+](=O)[O-])cc2)cc1. The molecule has 0 aliphatic carbocycles. The van der Waals surface area contributed by atoms with E-state index in [1.807, 2.05) is 12.1 Å². The molecule has 0 atom stereocenters. The van der Waals surface area contributed by atoms with Crippen LogP contribution in [0.15, 0.2) is 82.6 Å². The summed E-state index contributed by atoms with van der Waals surface area (Å²) >= 11 is 1.38. The zero-order chi connectivity index (χ0) is 19.2. The van der Waals surface area contributed by atoms with Gasteiger partial charge in [0, 0.05) is 27.6 Å². The fraction of sp³-hybridized carbons (Fsp3) is 0.0500. The van der Waals surface area contributed by atoms with Crippen LogP contribution in [0.3, 0.4) is 0 Å². The molecule has 0 aliphatic heterocycles. The number of hydrogen-bond donors (Lipinski definition) is 1. The van der Waals surface area contributed by atoms with Gasteiger partial charge in [0.15, 0.2) is 0 Å². The van der Waals surface area contributed by atoms with E-state index in [1.165, 1.54) is 23.9 Å². The van der Waals surface area contributed by atoms with Crippen molar-refractivity contribution in [3.63, 3.8) is 0 Å². The lowest BCUT2D eigenvalue weighted by Crippen LogP contribution is -2.12. The molecule has 0 fully saturated rings. The highest BCUT2D eigenvalue weighted by Gasteiger charge is 2.13. The monoisotopic (exact) mass is 380 g/mol.